The SMILES string of the molecule is CN(C)c1ccc(-c2nnc(CN)o2)cc1.O=C(O)C(F)(F)F. The average Bonchev–Trinajstić information content (AvgIpc) is 2.96. The normalized spacial score (nSPS) is 10.7. The van der Waals surface area contributed by atoms with E-state index in [4.69, 9.17) is 20.1 Å². The van der Waals surface area contributed by atoms with Crippen molar-refractivity contribution in [3.63, 3.8) is 0 Å². The fourth-order valence-electron chi connectivity index (χ4n) is 1.35. The summed E-state index contributed by atoms with van der Waals surface area (Å²) in [4.78, 5) is 10.9. The zero-order valence-electron chi connectivity index (χ0n) is 12.3. The molecule has 0 aliphatic heterocycles. The van der Waals surface area contributed by atoms with Gasteiger partial charge in [0, 0.05) is 25.3 Å². The lowest BCUT2D eigenvalue weighted by Crippen LogP contribution is -2.21. The highest BCUT2D eigenvalue weighted by atomic mass is 19.4. The maximum Gasteiger partial charge on any atom is 0.490 e. The van der Waals surface area contributed by atoms with Gasteiger partial charge >= 0.3 is 12.1 Å². The number of carboxylic acid groups (broad SMARTS) is 1. The minimum absolute atomic E-state index is 0.267. The number of halogens is 3. The number of rotatable bonds is 3. The van der Waals surface area contributed by atoms with Gasteiger partial charge in [-0.3, -0.25) is 0 Å². The standard InChI is InChI=1S/C11H14N4O.C2HF3O2/c1-15(2)9-5-3-8(4-6-9)11-14-13-10(7-12)16-11;3-2(4,5)1(6)7/h3-6H,7,12H2,1-2H3;(H,6,7). The number of carbonyl (C=O) groups is 1. The summed E-state index contributed by atoms with van der Waals surface area (Å²) in [6.45, 7) is 0.267. The molecule has 0 amide bonds. The Hall–Kier alpha value is -2.62. The quantitative estimate of drug-likeness (QED) is 0.884. The summed E-state index contributed by atoms with van der Waals surface area (Å²) in [5.41, 5.74) is 7.43. The zero-order chi connectivity index (χ0) is 17.6. The van der Waals surface area contributed by atoms with E-state index in [2.05, 4.69) is 10.2 Å². The number of anilines is 1. The molecule has 7 nitrogen and oxygen atoms in total. The summed E-state index contributed by atoms with van der Waals surface area (Å²) >= 11 is 0. The third-order valence-electron chi connectivity index (χ3n) is 2.51. The first-order chi connectivity index (χ1) is 10.6. The van der Waals surface area contributed by atoms with Crippen LogP contribution in [0, 0.1) is 0 Å². The largest absolute Gasteiger partial charge is 0.490 e. The maximum atomic E-state index is 10.6. The van der Waals surface area contributed by atoms with Crippen molar-refractivity contribution in [2.45, 2.75) is 12.7 Å². The number of hydrogen-bond donors (Lipinski definition) is 2. The van der Waals surface area contributed by atoms with Gasteiger partial charge in [0.1, 0.15) is 0 Å². The Bertz CT molecular complexity index is 639. The monoisotopic (exact) mass is 332 g/mol. The Morgan fingerprint density at radius 2 is 1.78 bits per heavy atom. The Kier molecular flexibility index (Phi) is 6.08. The molecule has 0 radical (unpaired) electrons. The number of hydrogen-bond acceptors (Lipinski definition) is 6. The van der Waals surface area contributed by atoms with Crippen molar-refractivity contribution < 1.29 is 27.5 Å². The van der Waals surface area contributed by atoms with Crippen LogP contribution in [0.4, 0.5) is 18.9 Å². The topological polar surface area (TPSA) is 105 Å². The van der Waals surface area contributed by atoms with E-state index in [1.54, 1.807) is 0 Å². The molecule has 0 saturated heterocycles. The van der Waals surface area contributed by atoms with Crippen molar-refractivity contribution in [1.29, 1.82) is 0 Å². The Morgan fingerprint density at radius 3 is 2.13 bits per heavy atom. The first-order valence-corrected chi connectivity index (χ1v) is 6.25. The van der Waals surface area contributed by atoms with E-state index in [1.807, 2.05) is 43.3 Å². The summed E-state index contributed by atoms with van der Waals surface area (Å²) in [5.74, 6) is -1.80. The highest BCUT2D eigenvalue weighted by Crippen LogP contribution is 2.21. The second kappa shape index (κ2) is 7.58. The van der Waals surface area contributed by atoms with Gasteiger partial charge in [-0.15, -0.1) is 10.2 Å². The van der Waals surface area contributed by atoms with Crippen molar-refractivity contribution in [1.82, 2.24) is 10.2 Å². The smallest absolute Gasteiger partial charge is 0.475 e. The number of aliphatic carboxylic acids is 1. The minimum Gasteiger partial charge on any atom is -0.475 e. The summed E-state index contributed by atoms with van der Waals surface area (Å²) < 4.78 is 37.1. The van der Waals surface area contributed by atoms with Gasteiger partial charge in [0.2, 0.25) is 11.8 Å². The van der Waals surface area contributed by atoms with E-state index in [1.165, 1.54) is 0 Å². The third kappa shape index (κ3) is 5.58. The van der Waals surface area contributed by atoms with Gasteiger partial charge in [-0.1, -0.05) is 0 Å². The molecule has 2 aromatic rings. The predicted molar refractivity (Wildman–Crippen MR) is 75.6 cm³/mol. The van der Waals surface area contributed by atoms with Crippen LogP contribution in [0.3, 0.4) is 0 Å². The number of nitrogens with two attached hydrogens (primary N) is 1. The number of benzene rings is 1. The molecule has 0 aliphatic carbocycles. The first-order valence-electron chi connectivity index (χ1n) is 6.25. The molecule has 0 spiro atoms. The minimum atomic E-state index is -5.08. The van der Waals surface area contributed by atoms with Crippen molar-refractivity contribution in [3.8, 4) is 11.5 Å². The van der Waals surface area contributed by atoms with Crippen molar-refractivity contribution in [2.24, 2.45) is 5.73 Å². The first kappa shape index (κ1) is 18.4. The predicted octanol–water partition coefficient (Wildman–Crippen LogP) is 1.89. The van der Waals surface area contributed by atoms with Crippen LogP contribution >= 0.6 is 0 Å². The maximum absolute atomic E-state index is 10.6. The lowest BCUT2D eigenvalue weighted by Gasteiger charge is -2.11. The third-order valence-corrected chi connectivity index (χ3v) is 2.51. The molecule has 1 aromatic heterocycles. The van der Waals surface area contributed by atoms with Crippen molar-refractivity contribution in [2.75, 3.05) is 19.0 Å². The number of carboxylic acids is 1. The van der Waals surface area contributed by atoms with Gasteiger partial charge < -0.3 is 20.2 Å². The van der Waals surface area contributed by atoms with E-state index < -0.39 is 12.1 Å². The Balaban J connectivity index is 0.000000322. The van der Waals surface area contributed by atoms with Gasteiger partial charge in [-0.05, 0) is 24.3 Å². The average molecular weight is 332 g/mol. The molecule has 23 heavy (non-hydrogen) atoms. The van der Waals surface area contributed by atoms with E-state index in [0.29, 0.717) is 11.8 Å². The number of alkyl halides is 3. The number of aromatic nitrogens is 2. The van der Waals surface area contributed by atoms with Crippen LogP contribution in [0.5, 0.6) is 0 Å². The molecule has 0 aliphatic rings. The molecule has 126 valence electrons. The fourth-order valence-corrected chi connectivity index (χ4v) is 1.35. The zero-order valence-corrected chi connectivity index (χ0v) is 12.3. The van der Waals surface area contributed by atoms with Gasteiger partial charge in [-0.2, -0.15) is 13.2 Å². The molecule has 3 N–H and O–H groups in total. The van der Waals surface area contributed by atoms with Crippen LogP contribution in [0.1, 0.15) is 5.89 Å². The fraction of sp³-hybridized carbons (Fsp3) is 0.308. The molecule has 0 bridgehead atoms. The van der Waals surface area contributed by atoms with Crippen LogP contribution in [0.15, 0.2) is 28.7 Å². The van der Waals surface area contributed by atoms with Gasteiger partial charge in [0.15, 0.2) is 0 Å². The molecule has 0 unspecified atom stereocenters. The molecule has 1 aromatic carbocycles. The molecular formula is C13H15F3N4O3. The molecular weight excluding hydrogens is 317 g/mol. The Labute approximate surface area is 129 Å². The lowest BCUT2D eigenvalue weighted by molar-refractivity contribution is -0.192. The summed E-state index contributed by atoms with van der Waals surface area (Å²) in [5, 5.41) is 14.9. The van der Waals surface area contributed by atoms with Crippen molar-refractivity contribution in [3.05, 3.63) is 30.2 Å². The van der Waals surface area contributed by atoms with Crippen LogP contribution in [-0.4, -0.2) is 41.5 Å². The summed E-state index contributed by atoms with van der Waals surface area (Å²) in [6.07, 6.45) is -5.08. The van der Waals surface area contributed by atoms with E-state index in [-0.39, 0.29) is 6.54 Å². The second-order valence-electron chi connectivity index (χ2n) is 4.45. The number of nitrogens with zero attached hydrogens (tertiary/aromatic N) is 3. The molecule has 0 atom stereocenters. The molecule has 1 heterocycles. The lowest BCUT2D eigenvalue weighted by atomic mass is 10.2. The van der Waals surface area contributed by atoms with Crippen LogP contribution in [0.25, 0.3) is 11.5 Å². The molecule has 2 rings (SSSR count). The molecule has 0 fully saturated rings. The summed E-state index contributed by atoms with van der Waals surface area (Å²) in [6, 6.07) is 7.90. The van der Waals surface area contributed by atoms with E-state index in [0.717, 1.165) is 11.3 Å². The summed E-state index contributed by atoms with van der Waals surface area (Å²) in [7, 11) is 3.99. The van der Waals surface area contributed by atoms with E-state index in [9.17, 15) is 13.2 Å². The van der Waals surface area contributed by atoms with E-state index >= 15 is 0 Å². The Morgan fingerprint density at radius 1 is 1.26 bits per heavy atom. The van der Waals surface area contributed by atoms with Crippen LogP contribution in [-0.2, 0) is 11.3 Å². The highest BCUT2D eigenvalue weighted by molar-refractivity contribution is 5.73. The van der Waals surface area contributed by atoms with Crippen molar-refractivity contribution >= 4 is 11.7 Å². The van der Waals surface area contributed by atoms with Gasteiger partial charge in [0.05, 0.1) is 6.54 Å². The highest BCUT2D eigenvalue weighted by Gasteiger charge is 2.38. The van der Waals surface area contributed by atoms with Gasteiger partial charge in [-0.25, -0.2) is 4.79 Å². The van der Waals surface area contributed by atoms with Gasteiger partial charge in [0.25, 0.3) is 0 Å². The molecule has 10 heteroatoms. The van der Waals surface area contributed by atoms with Crippen LogP contribution < -0.4 is 10.6 Å². The van der Waals surface area contributed by atoms with Crippen LogP contribution in [0.2, 0.25) is 0 Å². The molecule has 0 saturated carbocycles. The second-order valence-corrected chi connectivity index (χ2v) is 4.45.